The number of hydrogen-bond acceptors (Lipinski definition) is 4. The van der Waals surface area contributed by atoms with Crippen LogP contribution in [0, 0.1) is 0 Å². The van der Waals surface area contributed by atoms with Crippen molar-refractivity contribution in [2.24, 2.45) is 0 Å². The van der Waals surface area contributed by atoms with Gasteiger partial charge in [0.25, 0.3) is 5.91 Å². The van der Waals surface area contributed by atoms with E-state index in [1.807, 2.05) is 20.8 Å². The van der Waals surface area contributed by atoms with Crippen molar-refractivity contribution in [1.82, 2.24) is 10.2 Å². The largest absolute Gasteiger partial charge is 0.444 e. The Hall–Kier alpha value is -2.57. The summed E-state index contributed by atoms with van der Waals surface area (Å²) in [5.41, 5.74) is 1.67. The lowest BCUT2D eigenvalue weighted by Gasteiger charge is -2.33. The molecule has 1 saturated heterocycles. The summed E-state index contributed by atoms with van der Waals surface area (Å²) in [4.78, 5) is 37.7. The van der Waals surface area contributed by atoms with E-state index in [4.69, 9.17) is 4.74 Å². The molecule has 1 fully saturated rings. The van der Waals surface area contributed by atoms with Crippen molar-refractivity contribution in [2.75, 3.05) is 18.4 Å². The molecule has 0 radical (unpaired) electrons. The van der Waals surface area contributed by atoms with Gasteiger partial charge in [-0.3, -0.25) is 9.59 Å². The third-order valence-electron chi connectivity index (χ3n) is 4.47. The number of nitrogens with one attached hydrogen (secondary N) is 2. The van der Waals surface area contributed by atoms with Crippen molar-refractivity contribution in [3.63, 3.8) is 0 Å². The van der Waals surface area contributed by atoms with Crippen LogP contribution < -0.4 is 10.6 Å². The fourth-order valence-corrected chi connectivity index (χ4v) is 3.17. The Morgan fingerprint density at radius 2 is 1.92 bits per heavy atom. The monoisotopic (exact) mass is 359 g/mol. The van der Waals surface area contributed by atoms with Gasteiger partial charge in [-0.05, 0) is 57.4 Å². The molecule has 0 spiro atoms. The van der Waals surface area contributed by atoms with Crippen LogP contribution in [-0.2, 0) is 16.0 Å². The van der Waals surface area contributed by atoms with E-state index in [2.05, 4.69) is 10.6 Å². The molecule has 0 unspecified atom stereocenters. The van der Waals surface area contributed by atoms with Gasteiger partial charge in [0, 0.05) is 30.4 Å². The molecular weight excluding hydrogens is 334 g/mol. The molecule has 2 heterocycles. The van der Waals surface area contributed by atoms with E-state index in [1.165, 1.54) is 0 Å². The van der Waals surface area contributed by atoms with Crippen molar-refractivity contribution in [3.8, 4) is 0 Å². The highest BCUT2D eigenvalue weighted by atomic mass is 16.6. The van der Waals surface area contributed by atoms with Gasteiger partial charge >= 0.3 is 6.09 Å². The minimum Gasteiger partial charge on any atom is -0.444 e. The maximum absolute atomic E-state index is 12.5. The average Bonchev–Trinajstić information content (AvgIpc) is 2.93. The van der Waals surface area contributed by atoms with Crippen LogP contribution in [0.3, 0.4) is 0 Å². The summed E-state index contributed by atoms with van der Waals surface area (Å²) in [7, 11) is 0. The molecule has 0 saturated carbocycles. The predicted octanol–water partition coefficient (Wildman–Crippen LogP) is 2.31. The van der Waals surface area contributed by atoms with Crippen LogP contribution in [0.1, 0.15) is 49.5 Å². The molecule has 7 heteroatoms. The number of piperidine rings is 1. The van der Waals surface area contributed by atoms with E-state index < -0.39 is 5.60 Å². The summed E-state index contributed by atoms with van der Waals surface area (Å²) in [6, 6.07) is 5.27. The molecule has 0 aliphatic carbocycles. The van der Waals surface area contributed by atoms with Crippen molar-refractivity contribution < 1.29 is 19.1 Å². The van der Waals surface area contributed by atoms with E-state index in [0.29, 0.717) is 37.9 Å². The number of anilines is 1. The zero-order valence-electron chi connectivity index (χ0n) is 15.4. The first-order valence-corrected chi connectivity index (χ1v) is 8.93. The molecule has 1 aromatic carbocycles. The highest BCUT2D eigenvalue weighted by Gasteiger charge is 2.28. The molecule has 140 valence electrons. The quantitative estimate of drug-likeness (QED) is 0.848. The summed E-state index contributed by atoms with van der Waals surface area (Å²) in [6.45, 7) is 6.65. The molecule has 2 aliphatic rings. The Labute approximate surface area is 153 Å². The van der Waals surface area contributed by atoms with Crippen molar-refractivity contribution >= 4 is 23.6 Å². The predicted molar refractivity (Wildman–Crippen MR) is 97.1 cm³/mol. The number of hydrogen-bond donors (Lipinski definition) is 2. The van der Waals surface area contributed by atoms with Crippen LogP contribution in [0.5, 0.6) is 0 Å². The normalized spacial score (nSPS) is 17.5. The SMILES string of the molecule is CC(C)(C)OC(=O)N1CCC(NC(=O)c2ccc3c(c2)CC(=O)N3)CC1. The Kier molecular flexibility index (Phi) is 4.89. The zero-order chi connectivity index (χ0) is 18.9. The number of carbonyl (C=O) groups excluding carboxylic acids is 3. The van der Waals surface area contributed by atoms with Gasteiger partial charge in [0.15, 0.2) is 0 Å². The first-order valence-electron chi connectivity index (χ1n) is 8.93. The lowest BCUT2D eigenvalue weighted by atomic mass is 10.0. The number of likely N-dealkylation sites (tertiary alicyclic amines) is 1. The number of amides is 3. The molecule has 0 bridgehead atoms. The lowest BCUT2D eigenvalue weighted by Crippen LogP contribution is -2.47. The summed E-state index contributed by atoms with van der Waals surface area (Å²) in [5, 5.41) is 5.78. The Bertz CT molecular complexity index is 731. The van der Waals surface area contributed by atoms with E-state index >= 15 is 0 Å². The number of rotatable bonds is 2. The smallest absolute Gasteiger partial charge is 0.410 e. The van der Waals surface area contributed by atoms with Crippen LogP contribution in [0.15, 0.2) is 18.2 Å². The van der Waals surface area contributed by atoms with Gasteiger partial charge < -0.3 is 20.3 Å². The van der Waals surface area contributed by atoms with Gasteiger partial charge in [-0.15, -0.1) is 0 Å². The molecule has 0 atom stereocenters. The Balaban J connectivity index is 1.52. The number of carbonyl (C=O) groups is 3. The first-order chi connectivity index (χ1) is 12.2. The zero-order valence-corrected chi connectivity index (χ0v) is 15.4. The fraction of sp³-hybridized carbons (Fsp3) is 0.526. The first kappa shape index (κ1) is 18.2. The summed E-state index contributed by atoms with van der Waals surface area (Å²) in [5.74, 6) is -0.199. The molecule has 7 nitrogen and oxygen atoms in total. The van der Waals surface area contributed by atoms with Crippen molar-refractivity contribution in [2.45, 2.75) is 51.7 Å². The molecular formula is C19H25N3O4. The van der Waals surface area contributed by atoms with Crippen LogP contribution in [0.4, 0.5) is 10.5 Å². The highest BCUT2D eigenvalue weighted by molar-refractivity contribution is 6.01. The standard InChI is InChI=1S/C19H25N3O4/c1-19(2,3)26-18(25)22-8-6-14(7-9-22)20-17(24)12-4-5-15-13(10-12)11-16(23)21-15/h4-5,10,14H,6-9,11H2,1-3H3,(H,20,24)(H,21,23). The highest BCUT2D eigenvalue weighted by Crippen LogP contribution is 2.24. The average molecular weight is 359 g/mol. The van der Waals surface area contributed by atoms with E-state index in [-0.39, 0.29) is 23.9 Å². The second-order valence-corrected chi connectivity index (χ2v) is 7.81. The second kappa shape index (κ2) is 6.97. The van der Waals surface area contributed by atoms with Crippen LogP contribution in [0.2, 0.25) is 0 Å². The van der Waals surface area contributed by atoms with Crippen molar-refractivity contribution in [1.29, 1.82) is 0 Å². The van der Waals surface area contributed by atoms with Gasteiger partial charge in [0.05, 0.1) is 6.42 Å². The molecule has 0 aromatic heterocycles. The minimum atomic E-state index is -0.508. The third-order valence-corrected chi connectivity index (χ3v) is 4.47. The lowest BCUT2D eigenvalue weighted by molar-refractivity contribution is -0.115. The number of fused-ring (bicyclic) bond motifs is 1. The van der Waals surface area contributed by atoms with Gasteiger partial charge in [0.1, 0.15) is 5.60 Å². The maximum atomic E-state index is 12.5. The maximum Gasteiger partial charge on any atom is 0.410 e. The molecule has 3 amide bonds. The fourth-order valence-electron chi connectivity index (χ4n) is 3.17. The van der Waals surface area contributed by atoms with Gasteiger partial charge in [-0.1, -0.05) is 0 Å². The molecule has 3 rings (SSSR count). The summed E-state index contributed by atoms with van der Waals surface area (Å²) in [6.07, 6.45) is 1.38. The molecule has 1 aromatic rings. The minimum absolute atomic E-state index is 0.0224. The van der Waals surface area contributed by atoms with Gasteiger partial charge in [0.2, 0.25) is 5.91 Å². The summed E-state index contributed by atoms with van der Waals surface area (Å²) < 4.78 is 5.38. The van der Waals surface area contributed by atoms with Gasteiger partial charge in [-0.2, -0.15) is 0 Å². The number of nitrogens with zero attached hydrogens (tertiary/aromatic N) is 1. The molecule has 26 heavy (non-hydrogen) atoms. The Morgan fingerprint density at radius 3 is 2.58 bits per heavy atom. The Morgan fingerprint density at radius 1 is 1.23 bits per heavy atom. The van der Waals surface area contributed by atoms with Crippen LogP contribution in [0.25, 0.3) is 0 Å². The van der Waals surface area contributed by atoms with Gasteiger partial charge in [-0.25, -0.2) is 4.79 Å². The van der Waals surface area contributed by atoms with Crippen LogP contribution >= 0.6 is 0 Å². The number of ether oxygens (including phenoxy) is 1. The van der Waals surface area contributed by atoms with Crippen molar-refractivity contribution in [3.05, 3.63) is 29.3 Å². The molecule has 2 N–H and O–H groups in total. The van der Waals surface area contributed by atoms with E-state index in [0.717, 1.165) is 11.3 Å². The van der Waals surface area contributed by atoms with E-state index in [1.54, 1.807) is 23.1 Å². The van der Waals surface area contributed by atoms with E-state index in [9.17, 15) is 14.4 Å². The molecule has 2 aliphatic heterocycles. The third kappa shape index (κ3) is 4.33. The second-order valence-electron chi connectivity index (χ2n) is 7.81. The number of benzene rings is 1. The summed E-state index contributed by atoms with van der Waals surface area (Å²) >= 11 is 0. The van der Waals surface area contributed by atoms with Crippen LogP contribution in [-0.4, -0.2) is 47.5 Å². The topological polar surface area (TPSA) is 87.7 Å².